The molecule has 0 radical (unpaired) electrons. The van der Waals surface area contributed by atoms with Crippen LogP contribution in [0.5, 0.6) is 0 Å². The maximum absolute atomic E-state index is 5.40. The van der Waals surface area contributed by atoms with Crippen molar-refractivity contribution in [2.75, 3.05) is 0 Å². The molecule has 0 bridgehead atoms. The zero-order valence-corrected chi connectivity index (χ0v) is 32.1. The van der Waals surface area contributed by atoms with Gasteiger partial charge in [-0.15, -0.1) is 18.2 Å². The molecule has 4 heterocycles. The molecule has 0 amide bonds. The summed E-state index contributed by atoms with van der Waals surface area (Å²) >= 11 is 0. The molecule has 5 heteroatoms. The largest absolute Gasteiger partial charge is 2.00 e. The van der Waals surface area contributed by atoms with Crippen molar-refractivity contribution in [2.45, 2.75) is 52.4 Å². The van der Waals surface area contributed by atoms with E-state index in [0.29, 0.717) is 0 Å². The molecule has 8 aromatic rings. The van der Waals surface area contributed by atoms with Gasteiger partial charge in [-0.3, -0.25) is 9.97 Å². The molecule has 4 aromatic heterocycles. The van der Waals surface area contributed by atoms with E-state index >= 15 is 0 Å². The van der Waals surface area contributed by atoms with Crippen LogP contribution in [-0.4, -0.2) is 14.5 Å². The molecule has 8 rings (SSSR count). The van der Waals surface area contributed by atoms with Crippen LogP contribution in [0.3, 0.4) is 0 Å². The minimum Gasteiger partial charge on any atom is -0.435 e. The maximum Gasteiger partial charge on any atom is 2.00 e. The van der Waals surface area contributed by atoms with Gasteiger partial charge in [0.05, 0.1) is 5.65 Å². The average molecular weight is 844 g/mol. The van der Waals surface area contributed by atoms with Gasteiger partial charge in [0.2, 0.25) is 0 Å². The van der Waals surface area contributed by atoms with Crippen molar-refractivity contribution in [3.05, 3.63) is 151 Å². The minimum absolute atomic E-state index is 0. The molecule has 0 fully saturated rings. The smallest absolute Gasteiger partial charge is 0.435 e. The molecule has 51 heavy (non-hydrogen) atoms. The number of hydrogen-bond donors (Lipinski definition) is 0. The van der Waals surface area contributed by atoms with Crippen LogP contribution < -0.4 is 4.98 Å². The Morgan fingerprint density at radius 2 is 1.22 bits per heavy atom. The van der Waals surface area contributed by atoms with Gasteiger partial charge < -0.3 is 9.55 Å². The summed E-state index contributed by atoms with van der Waals surface area (Å²) in [6.07, 6.45) is 1.84. The molecule has 0 saturated heterocycles. The molecule has 0 aliphatic heterocycles. The van der Waals surface area contributed by atoms with Gasteiger partial charge in [-0.2, -0.15) is 0 Å². The molecule has 4 aromatic carbocycles. The van der Waals surface area contributed by atoms with Crippen molar-refractivity contribution in [1.29, 1.82) is 0 Å². The van der Waals surface area contributed by atoms with E-state index in [2.05, 4.69) is 143 Å². The number of benzene rings is 4. The number of rotatable bonds is 5. The standard InChI is InChI=1S/C46H40N4.Pt/c1-45(2,3)35-27-32(28-36(29-35)46(4,5)6)31-24-33(39-17-12-13-23-47-39)26-34(25-31)41-20-19-38-37-16-10-11-18-42(37)50(44(38)49-41)43-22-21-40(48-43)30-14-8-7-9-15-30;/h7-25,27-29H,1-6H3;/q-2;+2. The van der Waals surface area contributed by atoms with Crippen molar-refractivity contribution in [2.24, 2.45) is 0 Å². The van der Waals surface area contributed by atoms with Crippen LogP contribution >= 0.6 is 0 Å². The summed E-state index contributed by atoms with van der Waals surface area (Å²) in [6, 6.07) is 48.5. The predicted octanol–water partition coefficient (Wildman–Crippen LogP) is 11.6. The molecular formula is C46H40N4Pt. The quantitative estimate of drug-likeness (QED) is 0.162. The van der Waals surface area contributed by atoms with Crippen LogP contribution in [0, 0.1) is 6.07 Å². The van der Waals surface area contributed by atoms with Crippen molar-refractivity contribution in [3.8, 4) is 50.7 Å². The Hall–Kier alpha value is -5.05. The number of hydrogen-bond acceptors (Lipinski definition) is 2. The van der Waals surface area contributed by atoms with Crippen LogP contribution in [0.15, 0.2) is 134 Å². The summed E-state index contributed by atoms with van der Waals surface area (Å²) in [7, 11) is 0. The normalized spacial score (nSPS) is 12.0. The molecule has 0 N–H and O–H groups in total. The summed E-state index contributed by atoms with van der Waals surface area (Å²) in [4.78, 5) is 15.2. The minimum atomic E-state index is -0.00122. The van der Waals surface area contributed by atoms with E-state index in [1.54, 1.807) is 0 Å². The SMILES string of the molecule is CC(C)(C)c1cc(-c2cc(-c3ccccn3)[c-]c(-c3ccc4c5ccccc5n(-c5ccc(-c6ccccc6)[n-]5)c4n3)c2)cc(C(C)(C)C)c1.[Pt+2]. The van der Waals surface area contributed by atoms with E-state index in [1.807, 2.05) is 42.6 Å². The van der Waals surface area contributed by atoms with E-state index in [9.17, 15) is 0 Å². The second-order valence-corrected chi connectivity index (χ2v) is 15.2. The van der Waals surface area contributed by atoms with Crippen molar-refractivity contribution >= 4 is 21.9 Å². The van der Waals surface area contributed by atoms with Gasteiger partial charge in [-0.25, -0.2) is 0 Å². The van der Waals surface area contributed by atoms with E-state index in [0.717, 1.165) is 67.1 Å². The van der Waals surface area contributed by atoms with Gasteiger partial charge >= 0.3 is 21.1 Å². The molecule has 0 spiro atoms. The monoisotopic (exact) mass is 843 g/mol. The third-order valence-electron chi connectivity index (χ3n) is 9.53. The Morgan fingerprint density at radius 1 is 0.569 bits per heavy atom. The number of para-hydroxylation sites is 1. The molecule has 254 valence electrons. The number of pyridine rings is 2. The summed E-state index contributed by atoms with van der Waals surface area (Å²) in [5, 5.41) is 2.23. The zero-order valence-electron chi connectivity index (χ0n) is 29.8. The van der Waals surface area contributed by atoms with Crippen LogP contribution in [0.4, 0.5) is 0 Å². The maximum atomic E-state index is 5.40. The summed E-state index contributed by atoms with van der Waals surface area (Å²) < 4.78 is 2.19. The fraction of sp³-hybridized carbons (Fsp3) is 0.174. The van der Waals surface area contributed by atoms with Crippen molar-refractivity contribution in [3.63, 3.8) is 0 Å². The first-order chi connectivity index (χ1) is 24.0. The molecule has 4 nitrogen and oxygen atoms in total. The summed E-state index contributed by atoms with van der Waals surface area (Å²) in [6.45, 7) is 13.7. The Kier molecular flexibility index (Phi) is 8.94. The zero-order chi connectivity index (χ0) is 34.6. The molecule has 0 saturated carbocycles. The van der Waals surface area contributed by atoms with Crippen LogP contribution in [0.1, 0.15) is 52.7 Å². The van der Waals surface area contributed by atoms with Crippen molar-refractivity contribution < 1.29 is 21.1 Å². The third-order valence-corrected chi connectivity index (χ3v) is 9.53. The fourth-order valence-electron chi connectivity index (χ4n) is 6.66. The summed E-state index contributed by atoms with van der Waals surface area (Å²) in [5.74, 6) is 0.848. The second-order valence-electron chi connectivity index (χ2n) is 15.2. The Morgan fingerprint density at radius 3 is 1.90 bits per heavy atom. The Labute approximate surface area is 314 Å². The van der Waals surface area contributed by atoms with E-state index < -0.39 is 0 Å². The van der Waals surface area contributed by atoms with Gasteiger partial charge in [0.1, 0.15) is 0 Å². The van der Waals surface area contributed by atoms with E-state index in [-0.39, 0.29) is 31.9 Å². The first-order valence-corrected chi connectivity index (χ1v) is 17.3. The van der Waals surface area contributed by atoms with Crippen LogP contribution in [-0.2, 0) is 31.9 Å². The molecular weight excluding hydrogens is 804 g/mol. The fourth-order valence-corrected chi connectivity index (χ4v) is 6.66. The Balaban J connectivity index is 0.00000406. The molecule has 0 aliphatic carbocycles. The van der Waals surface area contributed by atoms with Gasteiger partial charge in [-0.05, 0) is 55.7 Å². The van der Waals surface area contributed by atoms with Crippen LogP contribution in [0.2, 0.25) is 0 Å². The summed E-state index contributed by atoms with van der Waals surface area (Å²) in [5.41, 5.74) is 12.5. The van der Waals surface area contributed by atoms with E-state index in [1.165, 1.54) is 16.7 Å². The van der Waals surface area contributed by atoms with Crippen LogP contribution in [0.25, 0.3) is 72.7 Å². The molecule has 0 unspecified atom stereocenters. The molecule has 0 atom stereocenters. The number of nitrogens with zero attached hydrogens (tertiary/aromatic N) is 4. The van der Waals surface area contributed by atoms with Gasteiger partial charge in [0.25, 0.3) is 0 Å². The average Bonchev–Trinajstić information content (AvgIpc) is 3.74. The second kappa shape index (κ2) is 13.2. The van der Waals surface area contributed by atoms with Gasteiger partial charge in [0, 0.05) is 23.0 Å². The van der Waals surface area contributed by atoms with Gasteiger partial charge in [0.15, 0.2) is 0 Å². The van der Waals surface area contributed by atoms with Gasteiger partial charge in [-0.1, -0.05) is 173 Å². The molecule has 0 aliphatic rings. The number of fused-ring (bicyclic) bond motifs is 3. The predicted molar refractivity (Wildman–Crippen MR) is 208 cm³/mol. The number of aromatic nitrogens is 4. The Bertz CT molecular complexity index is 2460. The first-order valence-electron chi connectivity index (χ1n) is 17.3. The topological polar surface area (TPSA) is 44.8 Å². The third kappa shape index (κ3) is 6.62. The van der Waals surface area contributed by atoms with E-state index in [4.69, 9.17) is 15.0 Å². The first kappa shape index (κ1) is 34.4. The van der Waals surface area contributed by atoms with Crippen molar-refractivity contribution in [1.82, 2.24) is 19.5 Å².